The summed E-state index contributed by atoms with van der Waals surface area (Å²) in [7, 11) is 0. The summed E-state index contributed by atoms with van der Waals surface area (Å²) in [6.07, 6.45) is 0. The maximum atomic E-state index is 9.02. The van der Waals surface area contributed by atoms with Crippen molar-refractivity contribution in [2.75, 3.05) is 0 Å². The van der Waals surface area contributed by atoms with E-state index >= 15 is 0 Å². The zero-order chi connectivity index (χ0) is 13.2. The van der Waals surface area contributed by atoms with Gasteiger partial charge in [-0.1, -0.05) is 30.0 Å². The van der Waals surface area contributed by atoms with Crippen molar-refractivity contribution >= 4 is 22.7 Å². The van der Waals surface area contributed by atoms with Gasteiger partial charge in [-0.2, -0.15) is 5.26 Å². The summed E-state index contributed by atoms with van der Waals surface area (Å²) in [4.78, 5) is 5.76. The largest absolute Gasteiger partial charge is 0.358 e. The van der Waals surface area contributed by atoms with Crippen molar-refractivity contribution in [3.8, 4) is 6.07 Å². The number of hydrogen-bond donors (Lipinski definition) is 1. The molecule has 0 unspecified atom stereocenters. The van der Waals surface area contributed by atoms with Crippen LogP contribution in [0.3, 0.4) is 0 Å². The second kappa shape index (κ2) is 4.83. The lowest BCUT2D eigenvalue weighted by atomic mass is 10.2. The molecule has 1 aromatic heterocycles. The Balaban J connectivity index is 2.12. The van der Waals surface area contributed by atoms with Gasteiger partial charge in [0.25, 0.3) is 0 Å². The van der Waals surface area contributed by atoms with Crippen LogP contribution in [-0.2, 0) is 0 Å². The third kappa shape index (κ3) is 2.23. The average Bonchev–Trinajstić information content (AvgIpc) is 2.76. The molecule has 1 N–H and O–H groups in total. The van der Waals surface area contributed by atoms with E-state index in [1.54, 1.807) is 11.8 Å². The lowest BCUT2D eigenvalue weighted by molar-refractivity contribution is 1.23. The minimum atomic E-state index is 0.696. The Morgan fingerprint density at radius 2 is 1.89 bits per heavy atom. The number of benzene rings is 2. The smallest absolute Gasteiger partial charge is 0.0991 e. The van der Waals surface area contributed by atoms with Crippen LogP contribution in [0.25, 0.3) is 10.9 Å². The summed E-state index contributed by atoms with van der Waals surface area (Å²) in [5.74, 6) is 0. The third-order valence-corrected chi connectivity index (χ3v) is 4.26. The summed E-state index contributed by atoms with van der Waals surface area (Å²) in [5.41, 5.74) is 2.91. The van der Waals surface area contributed by atoms with Gasteiger partial charge in [-0.25, -0.2) is 0 Å². The Hall–Kier alpha value is -2.18. The Labute approximate surface area is 116 Å². The molecule has 0 saturated heterocycles. The van der Waals surface area contributed by atoms with E-state index in [0.717, 1.165) is 16.6 Å². The van der Waals surface area contributed by atoms with Gasteiger partial charge in [-0.3, -0.25) is 0 Å². The predicted octanol–water partition coefficient (Wildman–Crippen LogP) is 4.50. The highest BCUT2D eigenvalue weighted by atomic mass is 32.2. The monoisotopic (exact) mass is 264 g/mol. The molecule has 0 atom stereocenters. The average molecular weight is 264 g/mol. The molecule has 0 spiro atoms. The number of fused-ring (bicyclic) bond motifs is 1. The van der Waals surface area contributed by atoms with E-state index in [2.05, 4.69) is 30.1 Å². The number of nitrogens with zero attached hydrogens (tertiary/aromatic N) is 1. The lowest BCUT2D eigenvalue weighted by Crippen LogP contribution is -1.76. The van der Waals surface area contributed by atoms with Crippen molar-refractivity contribution < 1.29 is 0 Å². The molecule has 0 aliphatic carbocycles. The van der Waals surface area contributed by atoms with Gasteiger partial charge < -0.3 is 4.98 Å². The molecule has 3 rings (SSSR count). The van der Waals surface area contributed by atoms with Crippen molar-refractivity contribution in [3.63, 3.8) is 0 Å². The molecule has 0 fully saturated rings. The number of nitrogens with one attached hydrogen (secondary N) is 1. The summed E-state index contributed by atoms with van der Waals surface area (Å²) in [6.45, 7) is 2.07. The standard InChI is InChI=1S/C16H12N2S/c1-11-16(19-13-5-3-2-4-6-13)14-9-12(10-17)7-8-15(14)18-11/h2-9,18H,1H3. The molecule has 19 heavy (non-hydrogen) atoms. The van der Waals surface area contributed by atoms with Crippen molar-refractivity contribution in [1.82, 2.24) is 4.98 Å². The fourth-order valence-electron chi connectivity index (χ4n) is 2.11. The van der Waals surface area contributed by atoms with Crippen molar-refractivity contribution in [2.24, 2.45) is 0 Å². The van der Waals surface area contributed by atoms with Gasteiger partial charge >= 0.3 is 0 Å². The zero-order valence-corrected chi connectivity index (χ0v) is 11.3. The first-order chi connectivity index (χ1) is 9.28. The molecule has 3 aromatic rings. The Kier molecular flexibility index (Phi) is 3.02. The SMILES string of the molecule is Cc1[nH]c2ccc(C#N)cc2c1Sc1ccccc1. The molecule has 0 aliphatic heterocycles. The topological polar surface area (TPSA) is 39.6 Å². The van der Waals surface area contributed by atoms with E-state index in [1.165, 1.54) is 9.79 Å². The van der Waals surface area contributed by atoms with Crippen molar-refractivity contribution in [3.05, 3.63) is 59.8 Å². The maximum absolute atomic E-state index is 9.02. The van der Waals surface area contributed by atoms with Crippen LogP contribution in [0.15, 0.2) is 58.3 Å². The first-order valence-corrected chi connectivity index (χ1v) is 6.85. The molecule has 0 aliphatic rings. The van der Waals surface area contributed by atoms with Crippen LogP contribution in [0, 0.1) is 18.3 Å². The Morgan fingerprint density at radius 1 is 1.11 bits per heavy atom. The van der Waals surface area contributed by atoms with Crippen LogP contribution in [0.4, 0.5) is 0 Å². The summed E-state index contributed by atoms with van der Waals surface area (Å²) < 4.78 is 0. The van der Waals surface area contributed by atoms with E-state index < -0.39 is 0 Å². The van der Waals surface area contributed by atoms with Gasteiger partial charge in [-0.05, 0) is 37.3 Å². The number of aryl methyl sites for hydroxylation is 1. The normalized spacial score (nSPS) is 10.5. The number of nitriles is 1. The van der Waals surface area contributed by atoms with Crippen LogP contribution >= 0.6 is 11.8 Å². The second-order valence-electron chi connectivity index (χ2n) is 4.37. The molecule has 0 amide bonds. The quantitative estimate of drug-likeness (QED) is 0.740. The molecular weight excluding hydrogens is 252 g/mol. The van der Waals surface area contributed by atoms with Gasteiger partial charge in [-0.15, -0.1) is 0 Å². The predicted molar refractivity (Wildman–Crippen MR) is 78.3 cm³/mol. The van der Waals surface area contributed by atoms with E-state index in [9.17, 15) is 0 Å². The van der Waals surface area contributed by atoms with E-state index in [4.69, 9.17) is 5.26 Å². The van der Waals surface area contributed by atoms with E-state index in [-0.39, 0.29) is 0 Å². The number of H-pyrrole nitrogens is 1. The molecular formula is C16H12N2S. The second-order valence-corrected chi connectivity index (χ2v) is 5.45. The van der Waals surface area contributed by atoms with Crippen LogP contribution in [0.1, 0.15) is 11.3 Å². The fourth-order valence-corrected chi connectivity index (χ4v) is 3.12. The van der Waals surface area contributed by atoms with Crippen LogP contribution < -0.4 is 0 Å². The number of hydrogen-bond acceptors (Lipinski definition) is 2. The number of aromatic nitrogens is 1. The Bertz CT molecular complexity index is 767. The van der Waals surface area contributed by atoms with Crippen molar-refractivity contribution in [2.45, 2.75) is 16.7 Å². The lowest BCUT2D eigenvalue weighted by Gasteiger charge is -2.01. The van der Waals surface area contributed by atoms with Crippen molar-refractivity contribution in [1.29, 1.82) is 5.26 Å². The molecule has 1 heterocycles. The van der Waals surface area contributed by atoms with Crippen LogP contribution in [0.2, 0.25) is 0 Å². The first-order valence-electron chi connectivity index (χ1n) is 6.03. The highest BCUT2D eigenvalue weighted by Gasteiger charge is 2.10. The molecule has 3 heteroatoms. The van der Waals surface area contributed by atoms with E-state index in [0.29, 0.717) is 5.56 Å². The molecule has 0 bridgehead atoms. The van der Waals surface area contributed by atoms with Gasteiger partial charge in [0.2, 0.25) is 0 Å². The molecule has 0 radical (unpaired) electrons. The zero-order valence-electron chi connectivity index (χ0n) is 10.5. The van der Waals surface area contributed by atoms with Crippen LogP contribution in [0.5, 0.6) is 0 Å². The first kappa shape index (κ1) is 11.9. The minimum Gasteiger partial charge on any atom is -0.358 e. The maximum Gasteiger partial charge on any atom is 0.0991 e. The van der Waals surface area contributed by atoms with Gasteiger partial charge in [0.1, 0.15) is 0 Å². The fraction of sp³-hybridized carbons (Fsp3) is 0.0625. The third-order valence-electron chi connectivity index (χ3n) is 3.02. The molecule has 92 valence electrons. The molecule has 2 aromatic carbocycles. The highest BCUT2D eigenvalue weighted by molar-refractivity contribution is 7.99. The summed E-state index contributed by atoms with van der Waals surface area (Å²) in [6, 6.07) is 18.2. The molecule has 2 nitrogen and oxygen atoms in total. The molecule has 0 saturated carbocycles. The van der Waals surface area contributed by atoms with Gasteiger partial charge in [0, 0.05) is 26.4 Å². The highest BCUT2D eigenvalue weighted by Crippen LogP contribution is 2.36. The van der Waals surface area contributed by atoms with Gasteiger partial charge in [0.15, 0.2) is 0 Å². The van der Waals surface area contributed by atoms with Crippen LogP contribution in [-0.4, -0.2) is 4.98 Å². The van der Waals surface area contributed by atoms with E-state index in [1.807, 2.05) is 36.4 Å². The summed E-state index contributed by atoms with van der Waals surface area (Å²) >= 11 is 1.73. The summed E-state index contributed by atoms with van der Waals surface area (Å²) in [5, 5.41) is 10.1. The number of rotatable bonds is 2. The van der Waals surface area contributed by atoms with Gasteiger partial charge in [0.05, 0.1) is 11.6 Å². The number of aromatic amines is 1. The Morgan fingerprint density at radius 3 is 2.63 bits per heavy atom. The minimum absolute atomic E-state index is 0.696.